The summed E-state index contributed by atoms with van der Waals surface area (Å²) >= 11 is 1.68. The number of hydrogen-bond donors (Lipinski definition) is 1. The van der Waals surface area contributed by atoms with E-state index in [1.807, 2.05) is 24.0 Å². The Labute approximate surface area is 152 Å². The molecule has 1 atom stereocenters. The number of aryl methyl sites for hydroxylation is 1. The van der Waals surface area contributed by atoms with Gasteiger partial charge in [-0.25, -0.2) is 14.6 Å². The van der Waals surface area contributed by atoms with E-state index in [9.17, 15) is 4.79 Å². The molecule has 1 N–H and O–H groups in total. The first-order valence-corrected chi connectivity index (χ1v) is 9.83. The van der Waals surface area contributed by atoms with Gasteiger partial charge in [0.05, 0.1) is 5.69 Å². The third-order valence-electron chi connectivity index (χ3n) is 4.40. The summed E-state index contributed by atoms with van der Waals surface area (Å²) in [5, 5.41) is 8.42. The van der Waals surface area contributed by atoms with Crippen molar-refractivity contribution in [1.29, 1.82) is 0 Å². The first-order valence-electron chi connectivity index (χ1n) is 8.84. The number of carbonyl (C=O) groups excluding carboxylic acids is 1. The number of nitrogens with one attached hydrogen (secondary N) is 1. The molecular formula is C18H25N5OS. The highest BCUT2D eigenvalue weighted by atomic mass is 32.2. The molecule has 1 unspecified atom stereocenters. The SMILES string of the molecule is CCCCSc1ncc(C2CC(=O)Nc3c2c(C)nn3C(C)C)cn1. The van der Waals surface area contributed by atoms with Gasteiger partial charge in [-0.1, -0.05) is 25.1 Å². The smallest absolute Gasteiger partial charge is 0.226 e. The second-order valence-electron chi connectivity index (χ2n) is 6.69. The van der Waals surface area contributed by atoms with Gasteiger partial charge in [-0.15, -0.1) is 0 Å². The summed E-state index contributed by atoms with van der Waals surface area (Å²) in [4.78, 5) is 21.2. The van der Waals surface area contributed by atoms with Crippen LogP contribution in [0.2, 0.25) is 0 Å². The van der Waals surface area contributed by atoms with Crippen molar-refractivity contribution >= 4 is 23.5 Å². The Balaban J connectivity index is 1.90. The molecule has 0 bridgehead atoms. The number of hydrogen-bond acceptors (Lipinski definition) is 5. The van der Waals surface area contributed by atoms with Crippen molar-refractivity contribution in [2.45, 2.75) is 64.1 Å². The van der Waals surface area contributed by atoms with Crippen molar-refractivity contribution < 1.29 is 4.79 Å². The minimum atomic E-state index is -0.0362. The van der Waals surface area contributed by atoms with E-state index in [4.69, 9.17) is 0 Å². The predicted molar refractivity (Wildman–Crippen MR) is 100 cm³/mol. The van der Waals surface area contributed by atoms with Gasteiger partial charge in [0, 0.05) is 42.1 Å². The molecule has 7 heteroatoms. The highest BCUT2D eigenvalue weighted by Crippen LogP contribution is 2.39. The zero-order valence-corrected chi connectivity index (χ0v) is 16.1. The Morgan fingerprint density at radius 3 is 2.72 bits per heavy atom. The number of thioether (sulfide) groups is 1. The standard InChI is InChI=1S/C18H25N5OS/c1-5-6-7-25-18-19-9-13(10-20-18)14-8-15(24)21-17-16(14)12(4)22-23(17)11(2)3/h9-11,14H,5-8H2,1-4H3,(H,21,24). The maximum Gasteiger partial charge on any atom is 0.226 e. The molecule has 1 aliphatic rings. The van der Waals surface area contributed by atoms with Crippen LogP contribution in [0.25, 0.3) is 0 Å². The van der Waals surface area contributed by atoms with Gasteiger partial charge >= 0.3 is 0 Å². The molecule has 1 amide bonds. The van der Waals surface area contributed by atoms with Crippen molar-refractivity contribution in [3.63, 3.8) is 0 Å². The van der Waals surface area contributed by atoms with Crippen LogP contribution < -0.4 is 5.32 Å². The third kappa shape index (κ3) is 3.71. The van der Waals surface area contributed by atoms with Crippen molar-refractivity contribution in [1.82, 2.24) is 19.7 Å². The minimum absolute atomic E-state index is 0.0145. The average Bonchev–Trinajstić information content (AvgIpc) is 2.92. The molecule has 2 aromatic heterocycles. The molecule has 6 nitrogen and oxygen atoms in total. The van der Waals surface area contributed by atoms with E-state index >= 15 is 0 Å². The summed E-state index contributed by atoms with van der Waals surface area (Å²) in [6, 6.07) is 0.190. The quantitative estimate of drug-likeness (QED) is 0.481. The van der Waals surface area contributed by atoms with Crippen molar-refractivity contribution in [3.05, 3.63) is 29.2 Å². The van der Waals surface area contributed by atoms with Crippen LogP contribution in [-0.2, 0) is 4.79 Å². The molecule has 134 valence electrons. The molecule has 3 heterocycles. The number of rotatable bonds is 6. The van der Waals surface area contributed by atoms with Crippen LogP contribution in [0.3, 0.4) is 0 Å². The molecule has 0 saturated carbocycles. The van der Waals surface area contributed by atoms with E-state index in [1.165, 1.54) is 6.42 Å². The summed E-state index contributed by atoms with van der Waals surface area (Å²) in [5.41, 5.74) is 3.01. The highest BCUT2D eigenvalue weighted by Gasteiger charge is 2.33. The Bertz CT molecular complexity index is 754. The van der Waals surface area contributed by atoms with Gasteiger partial charge in [-0.2, -0.15) is 5.10 Å². The predicted octanol–water partition coefficient (Wildman–Crippen LogP) is 3.93. The van der Waals surface area contributed by atoms with E-state index in [1.54, 1.807) is 11.8 Å². The molecule has 0 saturated heterocycles. The topological polar surface area (TPSA) is 72.7 Å². The Morgan fingerprint density at radius 2 is 2.08 bits per heavy atom. The molecule has 0 spiro atoms. The van der Waals surface area contributed by atoms with E-state index in [0.717, 1.165) is 40.0 Å². The number of amides is 1. The van der Waals surface area contributed by atoms with Crippen molar-refractivity contribution in [3.8, 4) is 0 Å². The Kier molecular flexibility index (Phi) is 5.42. The highest BCUT2D eigenvalue weighted by molar-refractivity contribution is 7.99. The van der Waals surface area contributed by atoms with Crippen LogP contribution >= 0.6 is 11.8 Å². The number of aromatic nitrogens is 4. The largest absolute Gasteiger partial charge is 0.311 e. The summed E-state index contributed by atoms with van der Waals surface area (Å²) in [5.74, 6) is 1.83. The van der Waals surface area contributed by atoms with Gasteiger partial charge in [-0.3, -0.25) is 4.79 Å². The summed E-state index contributed by atoms with van der Waals surface area (Å²) in [6.07, 6.45) is 6.46. The maximum absolute atomic E-state index is 12.2. The van der Waals surface area contributed by atoms with Crippen LogP contribution in [0.4, 0.5) is 5.82 Å². The second kappa shape index (κ2) is 7.56. The minimum Gasteiger partial charge on any atom is -0.311 e. The zero-order chi connectivity index (χ0) is 18.0. The van der Waals surface area contributed by atoms with Gasteiger partial charge < -0.3 is 5.32 Å². The first kappa shape index (κ1) is 17.9. The second-order valence-corrected chi connectivity index (χ2v) is 7.75. The zero-order valence-electron chi connectivity index (χ0n) is 15.2. The number of anilines is 1. The molecule has 0 fully saturated rings. The molecule has 0 radical (unpaired) electrons. The number of nitrogens with zero attached hydrogens (tertiary/aromatic N) is 4. The summed E-state index contributed by atoms with van der Waals surface area (Å²) in [7, 11) is 0. The van der Waals surface area contributed by atoms with Crippen LogP contribution in [0, 0.1) is 6.92 Å². The van der Waals surface area contributed by atoms with Gasteiger partial charge in [0.1, 0.15) is 5.82 Å². The monoisotopic (exact) mass is 359 g/mol. The lowest BCUT2D eigenvalue weighted by atomic mass is 9.87. The van der Waals surface area contributed by atoms with Gasteiger partial charge in [0.25, 0.3) is 0 Å². The van der Waals surface area contributed by atoms with E-state index in [-0.39, 0.29) is 17.9 Å². The Morgan fingerprint density at radius 1 is 1.36 bits per heavy atom. The van der Waals surface area contributed by atoms with Gasteiger partial charge in [-0.05, 0) is 32.8 Å². The lowest BCUT2D eigenvalue weighted by Crippen LogP contribution is -2.25. The third-order valence-corrected chi connectivity index (χ3v) is 5.36. The van der Waals surface area contributed by atoms with E-state index < -0.39 is 0 Å². The molecule has 0 aromatic carbocycles. The molecule has 0 aliphatic carbocycles. The molecule has 25 heavy (non-hydrogen) atoms. The fourth-order valence-corrected chi connectivity index (χ4v) is 3.99. The van der Waals surface area contributed by atoms with Gasteiger partial charge in [0.2, 0.25) is 5.91 Å². The van der Waals surface area contributed by atoms with E-state index in [2.05, 4.69) is 41.2 Å². The van der Waals surface area contributed by atoms with Gasteiger partial charge in [0.15, 0.2) is 5.16 Å². The fourth-order valence-electron chi connectivity index (χ4n) is 3.12. The summed E-state index contributed by atoms with van der Waals surface area (Å²) < 4.78 is 1.89. The first-order chi connectivity index (χ1) is 12.0. The number of carbonyl (C=O) groups is 1. The van der Waals surface area contributed by atoms with Crippen LogP contribution in [0.1, 0.15) is 68.8 Å². The molecule has 1 aliphatic heterocycles. The average molecular weight is 359 g/mol. The molecule has 3 rings (SSSR count). The number of unbranched alkanes of at least 4 members (excludes halogenated alkanes) is 1. The lowest BCUT2D eigenvalue weighted by molar-refractivity contribution is -0.116. The van der Waals surface area contributed by atoms with E-state index in [0.29, 0.717) is 6.42 Å². The van der Waals surface area contributed by atoms with Crippen LogP contribution in [0.15, 0.2) is 17.6 Å². The van der Waals surface area contributed by atoms with Crippen LogP contribution in [-0.4, -0.2) is 31.4 Å². The lowest BCUT2D eigenvalue weighted by Gasteiger charge is -2.24. The molecular weight excluding hydrogens is 334 g/mol. The van der Waals surface area contributed by atoms with Crippen molar-refractivity contribution in [2.24, 2.45) is 0 Å². The van der Waals surface area contributed by atoms with Crippen LogP contribution in [0.5, 0.6) is 0 Å². The number of fused-ring (bicyclic) bond motifs is 1. The van der Waals surface area contributed by atoms with Crippen molar-refractivity contribution in [2.75, 3.05) is 11.1 Å². The normalized spacial score (nSPS) is 16.8. The fraction of sp³-hybridized carbons (Fsp3) is 0.556. The molecule has 2 aromatic rings. The Hall–Kier alpha value is -1.89. The summed E-state index contributed by atoms with van der Waals surface area (Å²) in [6.45, 7) is 8.30. The maximum atomic E-state index is 12.2.